The summed E-state index contributed by atoms with van der Waals surface area (Å²) < 4.78 is 0. The zero-order valence-electron chi connectivity index (χ0n) is 11.0. The molecule has 0 saturated carbocycles. The van der Waals surface area contributed by atoms with Crippen molar-refractivity contribution in [3.63, 3.8) is 0 Å². The van der Waals surface area contributed by atoms with Crippen LogP contribution in [-0.2, 0) is 0 Å². The van der Waals surface area contributed by atoms with Crippen LogP contribution in [0.2, 0.25) is 10.0 Å². The van der Waals surface area contributed by atoms with Gasteiger partial charge in [-0.25, -0.2) is 0 Å². The van der Waals surface area contributed by atoms with Crippen LogP contribution in [0.25, 0.3) is 0 Å². The molecule has 3 heteroatoms. The van der Waals surface area contributed by atoms with E-state index >= 15 is 0 Å². The molecule has 2 aromatic rings. The summed E-state index contributed by atoms with van der Waals surface area (Å²) in [4.78, 5) is 0. The van der Waals surface area contributed by atoms with E-state index in [9.17, 15) is 0 Å². The number of halogens is 2. The van der Waals surface area contributed by atoms with Gasteiger partial charge in [0.25, 0.3) is 0 Å². The molecule has 0 aliphatic rings. The summed E-state index contributed by atoms with van der Waals surface area (Å²) in [6.07, 6.45) is 0. The van der Waals surface area contributed by atoms with Crippen molar-refractivity contribution in [2.24, 2.45) is 0 Å². The fraction of sp³-hybridized carbons (Fsp3) is 0.250. The average molecular weight is 294 g/mol. The first-order valence-corrected chi connectivity index (χ1v) is 7.09. The van der Waals surface area contributed by atoms with Gasteiger partial charge >= 0.3 is 0 Å². The summed E-state index contributed by atoms with van der Waals surface area (Å²) in [7, 11) is 0. The number of nitrogens with one attached hydrogen (secondary N) is 1. The van der Waals surface area contributed by atoms with Gasteiger partial charge in [-0.15, -0.1) is 0 Å². The number of hydrogen-bond acceptors (Lipinski definition) is 1. The Bertz CT molecular complexity index is 470. The summed E-state index contributed by atoms with van der Waals surface area (Å²) in [6, 6.07) is 16.4. The van der Waals surface area contributed by atoms with Crippen LogP contribution >= 0.6 is 23.2 Å². The minimum absolute atomic E-state index is 0.267. The third-order valence-electron chi connectivity index (χ3n) is 3.24. The number of benzene rings is 2. The molecular weight excluding hydrogens is 277 g/mol. The van der Waals surface area contributed by atoms with Gasteiger partial charge in [-0.2, -0.15) is 0 Å². The van der Waals surface area contributed by atoms with Crippen molar-refractivity contribution >= 4 is 23.2 Å². The monoisotopic (exact) mass is 293 g/mol. The van der Waals surface area contributed by atoms with Crippen LogP contribution in [0.15, 0.2) is 48.5 Å². The molecule has 0 fully saturated rings. The smallest absolute Gasteiger partial charge is 0.0406 e. The fourth-order valence-electron chi connectivity index (χ4n) is 2.07. The molecule has 0 amide bonds. The van der Waals surface area contributed by atoms with Crippen molar-refractivity contribution in [2.75, 3.05) is 0 Å². The molecule has 1 unspecified atom stereocenters. The van der Waals surface area contributed by atoms with Crippen molar-refractivity contribution < 1.29 is 0 Å². The van der Waals surface area contributed by atoms with Gasteiger partial charge in [-0.3, -0.25) is 0 Å². The predicted octanol–water partition coefficient (Wildman–Crippen LogP) is 5.41. The second kappa shape index (κ2) is 6.42. The Balaban J connectivity index is 2.03. The quantitative estimate of drug-likeness (QED) is 0.795. The summed E-state index contributed by atoms with van der Waals surface area (Å²) >= 11 is 11.8. The maximum atomic E-state index is 5.90. The van der Waals surface area contributed by atoms with Crippen LogP contribution in [0.5, 0.6) is 0 Å². The molecule has 2 rings (SSSR count). The standard InChI is InChI=1S/C16H17Cl2N/c1-11(13-3-7-15(17)8-4-13)19-12(2)14-5-9-16(18)10-6-14/h3-12,19H,1-2H3/t11-,12?/m1/s1. The van der Waals surface area contributed by atoms with Gasteiger partial charge in [0.05, 0.1) is 0 Å². The highest BCUT2D eigenvalue weighted by atomic mass is 35.5. The molecule has 2 atom stereocenters. The first-order valence-electron chi connectivity index (χ1n) is 6.33. The van der Waals surface area contributed by atoms with E-state index in [-0.39, 0.29) is 12.1 Å². The minimum atomic E-state index is 0.267. The van der Waals surface area contributed by atoms with Crippen molar-refractivity contribution in [3.8, 4) is 0 Å². The van der Waals surface area contributed by atoms with Gasteiger partial charge in [0.2, 0.25) is 0 Å². The Kier molecular flexibility index (Phi) is 4.87. The third kappa shape index (κ3) is 3.97. The molecule has 100 valence electrons. The minimum Gasteiger partial charge on any atom is -0.304 e. The van der Waals surface area contributed by atoms with E-state index in [1.807, 2.05) is 24.3 Å². The van der Waals surface area contributed by atoms with E-state index in [1.54, 1.807) is 0 Å². The van der Waals surface area contributed by atoms with Gasteiger partial charge in [0.15, 0.2) is 0 Å². The summed E-state index contributed by atoms with van der Waals surface area (Å²) in [5.74, 6) is 0. The first kappa shape index (κ1) is 14.4. The van der Waals surface area contributed by atoms with E-state index in [4.69, 9.17) is 23.2 Å². The van der Waals surface area contributed by atoms with Crippen LogP contribution < -0.4 is 5.32 Å². The second-order valence-electron chi connectivity index (χ2n) is 4.71. The van der Waals surface area contributed by atoms with E-state index in [2.05, 4.69) is 43.4 Å². The SMILES string of the molecule is CC(N[C@H](C)c1ccc(Cl)cc1)c1ccc(Cl)cc1. The molecule has 0 heterocycles. The normalized spacial score (nSPS) is 14.1. The first-order chi connectivity index (χ1) is 9.06. The molecule has 0 aliphatic heterocycles. The van der Waals surface area contributed by atoms with Crippen LogP contribution in [0, 0.1) is 0 Å². The van der Waals surface area contributed by atoms with E-state index in [1.165, 1.54) is 11.1 Å². The van der Waals surface area contributed by atoms with Gasteiger partial charge in [-0.05, 0) is 49.2 Å². The zero-order valence-corrected chi connectivity index (χ0v) is 12.5. The fourth-order valence-corrected chi connectivity index (χ4v) is 2.32. The maximum absolute atomic E-state index is 5.90. The van der Waals surface area contributed by atoms with Crippen LogP contribution in [0.4, 0.5) is 0 Å². The molecular formula is C16H17Cl2N. The topological polar surface area (TPSA) is 12.0 Å². The van der Waals surface area contributed by atoms with Crippen molar-refractivity contribution in [1.29, 1.82) is 0 Å². The Hall–Kier alpha value is -1.02. The molecule has 2 aromatic carbocycles. The Morgan fingerprint density at radius 3 is 1.32 bits per heavy atom. The highest BCUT2D eigenvalue weighted by Crippen LogP contribution is 2.21. The number of rotatable bonds is 4. The number of hydrogen-bond donors (Lipinski definition) is 1. The lowest BCUT2D eigenvalue weighted by Gasteiger charge is -2.21. The highest BCUT2D eigenvalue weighted by Gasteiger charge is 2.10. The molecule has 0 aromatic heterocycles. The van der Waals surface area contributed by atoms with E-state index < -0.39 is 0 Å². The summed E-state index contributed by atoms with van der Waals surface area (Å²) in [6.45, 7) is 4.30. The lowest BCUT2D eigenvalue weighted by Crippen LogP contribution is -2.22. The van der Waals surface area contributed by atoms with Crippen LogP contribution in [0.1, 0.15) is 37.1 Å². The third-order valence-corrected chi connectivity index (χ3v) is 3.74. The molecule has 1 N–H and O–H groups in total. The molecule has 0 aliphatic carbocycles. The molecule has 1 nitrogen and oxygen atoms in total. The Morgan fingerprint density at radius 2 is 1.00 bits per heavy atom. The van der Waals surface area contributed by atoms with Crippen molar-refractivity contribution in [1.82, 2.24) is 5.32 Å². The zero-order chi connectivity index (χ0) is 13.8. The molecule has 0 spiro atoms. The van der Waals surface area contributed by atoms with Gasteiger partial charge in [0.1, 0.15) is 0 Å². The predicted molar refractivity (Wildman–Crippen MR) is 82.9 cm³/mol. The lowest BCUT2D eigenvalue weighted by atomic mass is 10.0. The molecule has 0 bridgehead atoms. The highest BCUT2D eigenvalue weighted by molar-refractivity contribution is 6.30. The summed E-state index contributed by atoms with van der Waals surface area (Å²) in [5.41, 5.74) is 2.45. The second-order valence-corrected chi connectivity index (χ2v) is 5.59. The lowest BCUT2D eigenvalue weighted by molar-refractivity contribution is 0.495. The molecule has 0 radical (unpaired) electrons. The van der Waals surface area contributed by atoms with Crippen LogP contribution in [-0.4, -0.2) is 0 Å². The van der Waals surface area contributed by atoms with Crippen LogP contribution in [0.3, 0.4) is 0 Å². The van der Waals surface area contributed by atoms with Gasteiger partial charge in [-0.1, -0.05) is 47.5 Å². The Morgan fingerprint density at radius 1 is 0.684 bits per heavy atom. The maximum Gasteiger partial charge on any atom is 0.0406 e. The van der Waals surface area contributed by atoms with Crippen molar-refractivity contribution in [2.45, 2.75) is 25.9 Å². The van der Waals surface area contributed by atoms with Gasteiger partial charge < -0.3 is 5.32 Å². The largest absolute Gasteiger partial charge is 0.304 e. The Labute approximate surface area is 124 Å². The van der Waals surface area contributed by atoms with Gasteiger partial charge in [0, 0.05) is 22.1 Å². The average Bonchev–Trinajstić information content (AvgIpc) is 2.40. The van der Waals surface area contributed by atoms with E-state index in [0.29, 0.717) is 0 Å². The summed E-state index contributed by atoms with van der Waals surface area (Å²) in [5, 5.41) is 5.10. The molecule has 0 saturated heterocycles. The van der Waals surface area contributed by atoms with Crippen molar-refractivity contribution in [3.05, 3.63) is 69.7 Å². The molecule has 19 heavy (non-hydrogen) atoms. The van der Waals surface area contributed by atoms with E-state index in [0.717, 1.165) is 10.0 Å².